The largest absolute Gasteiger partial charge is 0.481 e. The van der Waals surface area contributed by atoms with Crippen molar-refractivity contribution in [3.05, 3.63) is 77.9 Å². The average molecular weight is 533 g/mol. The first-order valence-electron chi connectivity index (χ1n) is 13.8. The van der Waals surface area contributed by atoms with E-state index < -0.39 is 0 Å². The van der Waals surface area contributed by atoms with Crippen molar-refractivity contribution in [2.45, 2.75) is 31.5 Å². The molecule has 3 fully saturated rings. The summed E-state index contributed by atoms with van der Waals surface area (Å²) in [7, 11) is 3.79. The molecule has 0 saturated carbocycles. The summed E-state index contributed by atoms with van der Waals surface area (Å²) in [5.41, 5.74) is 7.08. The average Bonchev–Trinajstić information content (AvgIpc) is 3.43. The first-order valence-corrected chi connectivity index (χ1v) is 13.8. The van der Waals surface area contributed by atoms with Gasteiger partial charge in [-0.05, 0) is 54.8 Å². The van der Waals surface area contributed by atoms with E-state index in [1.807, 2.05) is 29.2 Å². The van der Waals surface area contributed by atoms with Gasteiger partial charge in [-0.3, -0.25) is 4.90 Å². The van der Waals surface area contributed by atoms with Crippen LogP contribution in [0.3, 0.4) is 0 Å². The number of nitriles is 1. The molecule has 4 aromatic rings. The zero-order chi connectivity index (χ0) is 27.2. The van der Waals surface area contributed by atoms with Gasteiger partial charge in [-0.15, -0.1) is 0 Å². The van der Waals surface area contributed by atoms with Crippen molar-refractivity contribution in [3.63, 3.8) is 0 Å². The zero-order valence-electron chi connectivity index (χ0n) is 22.9. The molecule has 2 bridgehead atoms. The summed E-state index contributed by atoms with van der Waals surface area (Å²) in [5.74, 6) is 1.65. The monoisotopic (exact) mass is 532 g/mol. The number of hydrogen-bond donors (Lipinski definition) is 0. The molecule has 4 aliphatic rings. The predicted octanol–water partition coefficient (Wildman–Crippen LogP) is 3.85. The van der Waals surface area contributed by atoms with Crippen molar-refractivity contribution < 1.29 is 4.74 Å². The Balaban J connectivity index is 1.11. The maximum absolute atomic E-state index is 9.77. The summed E-state index contributed by atoms with van der Waals surface area (Å²) in [4.78, 5) is 16.6. The van der Waals surface area contributed by atoms with E-state index >= 15 is 0 Å². The molecule has 4 aromatic heterocycles. The van der Waals surface area contributed by atoms with Crippen LogP contribution in [0.5, 0.6) is 5.88 Å². The van der Waals surface area contributed by atoms with Crippen molar-refractivity contribution in [2.24, 2.45) is 0 Å². The molecule has 0 amide bonds. The summed E-state index contributed by atoms with van der Waals surface area (Å²) in [6, 6.07) is 13.9. The molecule has 8 rings (SSSR count). The standard InChI is InChI=1S/C31H32N8O/c1-36-9-7-22(8-10-36)24-11-28(31-25(13-32)16-35-39(31)18-24)23-4-5-29(33-15-23)37-19-26-12-27(20-37)38(26)17-21-3-6-30(40-2)34-14-21/h3-7,11,14-16,18,26-27H,8-10,12,17,19-20H2,1-2H3. The quantitative estimate of drug-likeness (QED) is 0.370. The van der Waals surface area contributed by atoms with Gasteiger partial charge in [0.05, 0.1) is 24.4 Å². The normalized spacial score (nSPS) is 21.1. The van der Waals surface area contributed by atoms with Crippen molar-refractivity contribution >= 4 is 16.9 Å². The highest BCUT2D eigenvalue weighted by atomic mass is 16.5. The smallest absolute Gasteiger partial charge is 0.212 e. The number of pyridine rings is 3. The molecule has 0 aliphatic carbocycles. The molecule has 8 heterocycles. The SMILES string of the molecule is COc1ccc(CN2C3CC2CN(c2ccc(-c4cc(C5=CCN(C)CC5)cn5ncc(C#N)c45)cn2)C3)cn1. The molecule has 3 saturated heterocycles. The van der Waals surface area contributed by atoms with E-state index in [1.54, 1.807) is 13.3 Å². The van der Waals surface area contributed by atoms with Gasteiger partial charge in [-0.2, -0.15) is 10.4 Å². The summed E-state index contributed by atoms with van der Waals surface area (Å²) in [6.07, 6.45) is 12.1. The molecule has 4 aliphatic heterocycles. The second kappa shape index (κ2) is 10.0. The highest BCUT2D eigenvalue weighted by molar-refractivity contribution is 5.87. The van der Waals surface area contributed by atoms with Crippen LogP contribution in [-0.2, 0) is 6.54 Å². The van der Waals surface area contributed by atoms with Crippen LogP contribution in [0.4, 0.5) is 5.82 Å². The molecular weight excluding hydrogens is 500 g/mol. The lowest BCUT2D eigenvalue weighted by molar-refractivity contribution is -0.00876. The number of anilines is 1. The van der Waals surface area contributed by atoms with Crippen LogP contribution in [0, 0.1) is 11.3 Å². The minimum Gasteiger partial charge on any atom is -0.481 e. The summed E-state index contributed by atoms with van der Waals surface area (Å²) in [5, 5.41) is 14.3. The van der Waals surface area contributed by atoms with Gasteiger partial charge in [-0.1, -0.05) is 12.1 Å². The van der Waals surface area contributed by atoms with E-state index in [0.717, 1.165) is 67.2 Å². The predicted molar refractivity (Wildman–Crippen MR) is 154 cm³/mol. The molecule has 2 atom stereocenters. The van der Waals surface area contributed by atoms with E-state index in [9.17, 15) is 5.26 Å². The summed E-state index contributed by atoms with van der Waals surface area (Å²) >= 11 is 0. The Kier molecular flexibility index (Phi) is 6.22. The Hall–Kier alpha value is -4.26. The van der Waals surface area contributed by atoms with Gasteiger partial charge in [0.15, 0.2) is 0 Å². The minimum atomic E-state index is 0.520. The lowest BCUT2D eigenvalue weighted by Gasteiger charge is -2.56. The van der Waals surface area contributed by atoms with Crippen molar-refractivity contribution in [1.82, 2.24) is 29.4 Å². The Labute approximate surface area is 233 Å². The van der Waals surface area contributed by atoms with Crippen LogP contribution in [0.2, 0.25) is 0 Å². The Morgan fingerprint density at radius 3 is 2.60 bits per heavy atom. The fourth-order valence-electron chi connectivity index (χ4n) is 6.33. The van der Waals surface area contributed by atoms with Crippen LogP contribution >= 0.6 is 0 Å². The highest BCUT2D eigenvalue weighted by Gasteiger charge is 2.44. The van der Waals surface area contributed by atoms with E-state index in [1.165, 1.54) is 17.6 Å². The van der Waals surface area contributed by atoms with Gasteiger partial charge in [0.1, 0.15) is 11.9 Å². The van der Waals surface area contributed by atoms with Gasteiger partial charge in [0.2, 0.25) is 5.88 Å². The number of rotatable bonds is 6. The maximum atomic E-state index is 9.77. The summed E-state index contributed by atoms with van der Waals surface area (Å²) in [6.45, 7) is 4.82. The van der Waals surface area contributed by atoms with E-state index in [0.29, 0.717) is 23.5 Å². The van der Waals surface area contributed by atoms with Crippen LogP contribution in [0.15, 0.2) is 61.2 Å². The topological polar surface area (TPSA) is 85.8 Å². The van der Waals surface area contributed by atoms with E-state index in [4.69, 9.17) is 9.72 Å². The lowest BCUT2D eigenvalue weighted by Crippen LogP contribution is -2.68. The number of hydrogen-bond acceptors (Lipinski definition) is 8. The fourth-order valence-corrected chi connectivity index (χ4v) is 6.33. The van der Waals surface area contributed by atoms with Gasteiger partial charge in [-0.25, -0.2) is 14.5 Å². The first kappa shape index (κ1) is 24.8. The third-order valence-corrected chi connectivity index (χ3v) is 8.61. The fraction of sp³-hybridized carbons (Fsp3) is 0.355. The maximum Gasteiger partial charge on any atom is 0.212 e. The molecule has 202 valence electrons. The van der Waals surface area contributed by atoms with Crippen LogP contribution in [-0.4, -0.2) is 81.8 Å². The molecular formula is C31H32N8O. The Bertz CT molecular complexity index is 1610. The van der Waals surface area contributed by atoms with Crippen LogP contribution < -0.4 is 9.64 Å². The molecule has 9 heteroatoms. The third-order valence-electron chi connectivity index (χ3n) is 8.61. The minimum absolute atomic E-state index is 0.520. The molecule has 0 N–H and O–H groups in total. The highest BCUT2D eigenvalue weighted by Crippen LogP contribution is 2.37. The van der Waals surface area contributed by atoms with Gasteiger partial charge >= 0.3 is 0 Å². The van der Waals surface area contributed by atoms with Gasteiger partial charge in [0, 0.05) is 80.6 Å². The molecule has 9 nitrogen and oxygen atoms in total. The molecule has 0 aromatic carbocycles. The lowest BCUT2D eigenvalue weighted by atomic mass is 9.87. The number of methoxy groups -OCH3 is 1. The number of fused-ring (bicyclic) bond motifs is 3. The Morgan fingerprint density at radius 2 is 1.93 bits per heavy atom. The van der Waals surface area contributed by atoms with E-state index in [2.05, 4.69) is 68.2 Å². The van der Waals surface area contributed by atoms with Crippen molar-refractivity contribution in [1.29, 1.82) is 5.26 Å². The number of piperazine rings is 1. The molecule has 40 heavy (non-hydrogen) atoms. The number of piperidine rings is 1. The van der Waals surface area contributed by atoms with Crippen LogP contribution in [0.1, 0.15) is 29.5 Å². The summed E-state index contributed by atoms with van der Waals surface area (Å²) < 4.78 is 7.04. The third kappa shape index (κ3) is 4.39. The number of nitrogens with zero attached hydrogens (tertiary/aromatic N) is 8. The second-order valence-electron chi connectivity index (χ2n) is 11.1. The zero-order valence-corrected chi connectivity index (χ0v) is 22.9. The molecule has 0 spiro atoms. The van der Waals surface area contributed by atoms with Gasteiger partial charge < -0.3 is 14.5 Å². The molecule has 2 unspecified atom stereocenters. The molecule has 0 radical (unpaired) electrons. The van der Waals surface area contributed by atoms with Crippen LogP contribution in [0.25, 0.3) is 22.2 Å². The van der Waals surface area contributed by atoms with Crippen molar-refractivity contribution in [3.8, 4) is 23.1 Å². The van der Waals surface area contributed by atoms with E-state index in [-0.39, 0.29) is 0 Å². The first-order chi connectivity index (χ1) is 19.6. The van der Waals surface area contributed by atoms with Gasteiger partial charge in [0.25, 0.3) is 0 Å². The number of likely N-dealkylation sites (N-methyl/N-ethyl adjacent to an activating group) is 1. The number of aromatic nitrogens is 4. The Morgan fingerprint density at radius 1 is 1.05 bits per heavy atom. The van der Waals surface area contributed by atoms with Crippen molar-refractivity contribution in [2.75, 3.05) is 45.2 Å². The number of ether oxygens (including phenoxy) is 1. The second-order valence-corrected chi connectivity index (χ2v) is 11.1.